The number of likely N-dealkylation sites (N-methyl/N-ethyl adjacent to an activating group) is 1. The molecule has 1 aliphatic rings. The van der Waals surface area contributed by atoms with Crippen molar-refractivity contribution in [2.45, 2.75) is 6.54 Å². The van der Waals surface area contributed by atoms with Gasteiger partial charge >= 0.3 is 12.1 Å². The van der Waals surface area contributed by atoms with Gasteiger partial charge in [-0.05, 0) is 35.9 Å². The van der Waals surface area contributed by atoms with Gasteiger partial charge in [-0.25, -0.2) is 9.59 Å². The van der Waals surface area contributed by atoms with Crippen LogP contribution in [0.5, 0.6) is 0 Å². The number of urea groups is 2. The van der Waals surface area contributed by atoms with Crippen molar-refractivity contribution in [1.82, 2.24) is 14.8 Å². The number of methoxy groups -OCH3 is 1. The molecule has 1 saturated heterocycles. The Hall–Kier alpha value is -3.13. The zero-order chi connectivity index (χ0) is 19.9. The molecule has 1 aromatic carbocycles. The highest BCUT2D eigenvalue weighted by Crippen LogP contribution is 2.23. The van der Waals surface area contributed by atoms with E-state index in [0.29, 0.717) is 38.5 Å². The van der Waals surface area contributed by atoms with E-state index in [2.05, 4.69) is 10.3 Å². The lowest BCUT2D eigenvalue weighted by Crippen LogP contribution is -2.37. The largest absolute Gasteiger partial charge is 0.383 e. The van der Waals surface area contributed by atoms with Gasteiger partial charge in [-0.2, -0.15) is 0 Å². The summed E-state index contributed by atoms with van der Waals surface area (Å²) < 4.78 is 5.14. The second-order valence-corrected chi connectivity index (χ2v) is 6.61. The van der Waals surface area contributed by atoms with Crippen LogP contribution in [0, 0.1) is 0 Å². The van der Waals surface area contributed by atoms with Crippen LogP contribution < -0.4 is 10.2 Å². The second-order valence-electron chi connectivity index (χ2n) is 6.61. The molecule has 0 saturated carbocycles. The first kappa shape index (κ1) is 19.6. The molecule has 4 amide bonds. The van der Waals surface area contributed by atoms with E-state index in [1.54, 1.807) is 41.3 Å². The maximum absolute atomic E-state index is 12.8. The number of hydrogen-bond acceptors (Lipinski definition) is 4. The molecule has 148 valence electrons. The third kappa shape index (κ3) is 4.77. The zero-order valence-corrected chi connectivity index (χ0v) is 16.2. The summed E-state index contributed by atoms with van der Waals surface area (Å²) in [5, 5.41) is 2.93. The van der Waals surface area contributed by atoms with Gasteiger partial charge < -0.3 is 19.9 Å². The van der Waals surface area contributed by atoms with Crippen molar-refractivity contribution in [2.24, 2.45) is 0 Å². The molecule has 1 N–H and O–H groups in total. The van der Waals surface area contributed by atoms with Crippen LogP contribution >= 0.6 is 0 Å². The van der Waals surface area contributed by atoms with Gasteiger partial charge in [0.1, 0.15) is 0 Å². The number of hydrogen-bond donors (Lipinski definition) is 1. The number of aromatic nitrogens is 1. The minimum Gasteiger partial charge on any atom is -0.383 e. The summed E-state index contributed by atoms with van der Waals surface area (Å²) >= 11 is 0. The number of nitrogens with zero attached hydrogens (tertiary/aromatic N) is 4. The monoisotopic (exact) mass is 383 g/mol. The van der Waals surface area contributed by atoms with Crippen molar-refractivity contribution < 1.29 is 14.3 Å². The van der Waals surface area contributed by atoms with E-state index in [-0.39, 0.29) is 12.1 Å². The quantitative estimate of drug-likeness (QED) is 0.797. The summed E-state index contributed by atoms with van der Waals surface area (Å²) in [5.74, 6) is 0. The normalized spacial score (nSPS) is 13.7. The van der Waals surface area contributed by atoms with Gasteiger partial charge in [-0.3, -0.25) is 9.88 Å². The average Bonchev–Trinajstić information content (AvgIpc) is 3.04. The van der Waals surface area contributed by atoms with Crippen LogP contribution in [0.25, 0.3) is 0 Å². The van der Waals surface area contributed by atoms with Crippen LogP contribution in [-0.4, -0.2) is 67.2 Å². The molecular weight excluding hydrogens is 358 g/mol. The number of ether oxygens (including phenoxy) is 1. The van der Waals surface area contributed by atoms with E-state index < -0.39 is 0 Å². The Kier molecular flexibility index (Phi) is 6.44. The fourth-order valence-electron chi connectivity index (χ4n) is 3.00. The van der Waals surface area contributed by atoms with Gasteiger partial charge in [-0.15, -0.1) is 0 Å². The summed E-state index contributed by atoms with van der Waals surface area (Å²) in [6.07, 6.45) is 3.41. The van der Waals surface area contributed by atoms with Crippen molar-refractivity contribution in [2.75, 3.05) is 50.6 Å². The number of carbonyl (C=O) groups is 2. The lowest BCUT2D eigenvalue weighted by Gasteiger charge is -2.23. The Balaban J connectivity index is 1.70. The van der Waals surface area contributed by atoms with Crippen molar-refractivity contribution in [3.05, 3.63) is 54.4 Å². The molecule has 28 heavy (non-hydrogen) atoms. The molecule has 8 nitrogen and oxygen atoms in total. The predicted octanol–water partition coefficient (Wildman–Crippen LogP) is 2.63. The van der Waals surface area contributed by atoms with Gasteiger partial charge in [-0.1, -0.05) is 6.07 Å². The molecule has 2 aromatic rings. The third-order valence-electron chi connectivity index (χ3n) is 4.60. The number of rotatable bonds is 7. The van der Waals surface area contributed by atoms with Crippen LogP contribution in [0.1, 0.15) is 5.56 Å². The highest BCUT2D eigenvalue weighted by atomic mass is 16.5. The van der Waals surface area contributed by atoms with Gasteiger partial charge in [0.2, 0.25) is 0 Å². The van der Waals surface area contributed by atoms with Crippen LogP contribution in [0.4, 0.5) is 21.0 Å². The second kappa shape index (κ2) is 9.18. The highest BCUT2D eigenvalue weighted by molar-refractivity contribution is 5.95. The first-order chi connectivity index (χ1) is 13.6. The van der Waals surface area contributed by atoms with Gasteiger partial charge in [0.05, 0.1) is 6.61 Å². The predicted molar refractivity (Wildman–Crippen MR) is 107 cm³/mol. The van der Waals surface area contributed by atoms with E-state index in [1.807, 2.05) is 36.4 Å². The Morgan fingerprint density at radius 1 is 1.25 bits per heavy atom. The minimum atomic E-state index is -0.226. The summed E-state index contributed by atoms with van der Waals surface area (Å²) in [6.45, 7) is 2.67. The van der Waals surface area contributed by atoms with E-state index in [4.69, 9.17) is 4.74 Å². The molecule has 0 spiro atoms. The number of benzene rings is 1. The summed E-state index contributed by atoms with van der Waals surface area (Å²) in [6, 6.07) is 10.8. The molecule has 8 heteroatoms. The average molecular weight is 383 g/mol. The number of amides is 4. The minimum absolute atomic E-state index is 0.0390. The van der Waals surface area contributed by atoms with E-state index in [9.17, 15) is 9.59 Å². The molecule has 0 aliphatic carbocycles. The molecule has 0 atom stereocenters. The molecule has 1 aliphatic heterocycles. The Morgan fingerprint density at radius 3 is 2.71 bits per heavy atom. The molecule has 2 heterocycles. The molecule has 0 bridgehead atoms. The Bertz CT molecular complexity index is 814. The fourth-order valence-corrected chi connectivity index (χ4v) is 3.00. The number of carbonyl (C=O) groups excluding carboxylic acids is 2. The lowest BCUT2D eigenvalue weighted by atomic mass is 10.2. The maximum Gasteiger partial charge on any atom is 0.324 e. The molecular formula is C20H25N5O3. The topological polar surface area (TPSA) is 78.0 Å². The van der Waals surface area contributed by atoms with Crippen LogP contribution in [0.2, 0.25) is 0 Å². The summed E-state index contributed by atoms with van der Waals surface area (Å²) in [4.78, 5) is 34.1. The van der Waals surface area contributed by atoms with Crippen molar-refractivity contribution in [1.29, 1.82) is 0 Å². The first-order valence-corrected chi connectivity index (χ1v) is 9.15. The van der Waals surface area contributed by atoms with E-state index in [1.165, 1.54) is 0 Å². The standard InChI is InChI=1S/C20H25N5O3/c1-23-10-11-25(20(23)27)18-5-3-4-17(14-18)22-19(26)24(12-13-28-2)15-16-6-8-21-9-7-16/h3-9,14H,10-13,15H2,1-2H3,(H,22,26). The van der Waals surface area contributed by atoms with Crippen molar-refractivity contribution >= 4 is 23.4 Å². The molecule has 0 radical (unpaired) electrons. The SMILES string of the molecule is COCCN(Cc1ccncc1)C(=O)Nc1cccc(N2CCN(C)C2=O)c1. The Labute approximate surface area is 164 Å². The van der Waals surface area contributed by atoms with Crippen LogP contribution in [0.15, 0.2) is 48.8 Å². The highest BCUT2D eigenvalue weighted by Gasteiger charge is 2.26. The molecule has 1 fully saturated rings. The van der Waals surface area contributed by atoms with Gasteiger partial charge in [0.15, 0.2) is 0 Å². The zero-order valence-electron chi connectivity index (χ0n) is 16.2. The molecule has 3 rings (SSSR count). The maximum atomic E-state index is 12.8. The van der Waals surface area contributed by atoms with Crippen molar-refractivity contribution in [3.63, 3.8) is 0 Å². The summed E-state index contributed by atoms with van der Waals surface area (Å²) in [5.41, 5.74) is 2.40. The van der Waals surface area contributed by atoms with Crippen molar-refractivity contribution in [3.8, 4) is 0 Å². The van der Waals surface area contributed by atoms with Crippen LogP contribution in [0.3, 0.4) is 0 Å². The Morgan fingerprint density at radius 2 is 2.04 bits per heavy atom. The third-order valence-corrected chi connectivity index (χ3v) is 4.60. The molecule has 1 aromatic heterocycles. The van der Waals surface area contributed by atoms with Gasteiger partial charge in [0.25, 0.3) is 0 Å². The smallest absolute Gasteiger partial charge is 0.324 e. The summed E-state index contributed by atoms with van der Waals surface area (Å²) in [7, 11) is 3.39. The lowest BCUT2D eigenvalue weighted by molar-refractivity contribution is 0.153. The number of anilines is 2. The molecule has 0 unspecified atom stereocenters. The van der Waals surface area contributed by atoms with Crippen LogP contribution in [-0.2, 0) is 11.3 Å². The number of pyridine rings is 1. The number of nitrogens with one attached hydrogen (secondary N) is 1. The van der Waals surface area contributed by atoms with E-state index in [0.717, 1.165) is 11.3 Å². The first-order valence-electron chi connectivity index (χ1n) is 9.15. The van der Waals surface area contributed by atoms with E-state index >= 15 is 0 Å². The van der Waals surface area contributed by atoms with Gasteiger partial charge in [0, 0.05) is 64.1 Å². The fraction of sp³-hybridized carbons (Fsp3) is 0.350.